The number of hydrogen-bond donors (Lipinski definition) is 3. The molecule has 4 aromatic rings. The van der Waals surface area contributed by atoms with Crippen LogP contribution in [0, 0.1) is 0 Å². The summed E-state index contributed by atoms with van der Waals surface area (Å²) in [6.45, 7) is 0. The summed E-state index contributed by atoms with van der Waals surface area (Å²) in [5, 5.41) is 14.2. The van der Waals surface area contributed by atoms with Gasteiger partial charge in [0.05, 0.1) is 20.6 Å². The summed E-state index contributed by atoms with van der Waals surface area (Å²) in [6.07, 6.45) is 7.02. The molecule has 1 aliphatic carbocycles. The molecular formula is C32H35N3O5. The Labute approximate surface area is 233 Å². The molecule has 1 fully saturated rings. The molecular weight excluding hydrogens is 506 g/mol. The molecule has 8 heteroatoms. The van der Waals surface area contributed by atoms with Crippen LogP contribution < -0.4 is 19.7 Å². The van der Waals surface area contributed by atoms with Gasteiger partial charge in [0.15, 0.2) is 11.5 Å². The third kappa shape index (κ3) is 5.76. The van der Waals surface area contributed by atoms with E-state index in [0.29, 0.717) is 22.7 Å². The Morgan fingerprint density at radius 3 is 2.42 bits per heavy atom. The van der Waals surface area contributed by atoms with Crippen LogP contribution in [0.4, 0.5) is 5.69 Å². The molecule has 0 bridgehead atoms. The van der Waals surface area contributed by atoms with Crippen molar-refractivity contribution in [3.8, 4) is 17.2 Å². The zero-order chi connectivity index (χ0) is 28.1. The number of aromatic hydroxyl groups is 1. The lowest BCUT2D eigenvalue weighted by atomic mass is 9.94. The van der Waals surface area contributed by atoms with E-state index in [1.807, 2.05) is 30.5 Å². The SMILES string of the molecule is COc1ccc(N(C(=O)Cc2c[nH]c3ccccc23)[C@@H](C(=O)NC2CCCCC2)c2ccc(O)cc2)cc1OC. The highest BCUT2D eigenvalue weighted by Crippen LogP contribution is 2.37. The number of anilines is 1. The molecule has 1 atom stereocenters. The molecule has 3 aromatic carbocycles. The summed E-state index contributed by atoms with van der Waals surface area (Å²) in [5.41, 5.74) is 2.86. The molecule has 0 radical (unpaired) electrons. The second kappa shape index (κ2) is 12.2. The fourth-order valence-electron chi connectivity index (χ4n) is 5.54. The van der Waals surface area contributed by atoms with Crippen molar-refractivity contribution in [1.29, 1.82) is 0 Å². The minimum atomic E-state index is -0.974. The molecule has 0 saturated heterocycles. The summed E-state index contributed by atoms with van der Waals surface area (Å²) < 4.78 is 11.0. The van der Waals surface area contributed by atoms with Gasteiger partial charge in [-0.2, -0.15) is 0 Å². The fraction of sp³-hybridized carbons (Fsp3) is 0.312. The predicted octanol–water partition coefficient (Wildman–Crippen LogP) is 5.66. The molecule has 8 nitrogen and oxygen atoms in total. The Balaban J connectivity index is 1.60. The standard InChI is InChI=1S/C32H35N3O5/c1-39-28-17-14-24(19-29(28)40-2)35(30(37)18-22-20-33-27-11-7-6-10-26(22)27)31(21-12-15-25(36)16-13-21)32(38)34-23-8-4-3-5-9-23/h6-7,10-17,19-20,23,31,33,36H,3-5,8-9,18H2,1-2H3,(H,34,38)/t31-/m1/s1. The third-order valence-electron chi connectivity index (χ3n) is 7.60. The van der Waals surface area contributed by atoms with Crippen LogP contribution >= 0.6 is 0 Å². The second-order valence-electron chi connectivity index (χ2n) is 10.2. The number of amides is 2. The number of hydrogen-bond acceptors (Lipinski definition) is 5. The van der Waals surface area contributed by atoms with Crippen LogP contribution in [0.5, 0.6) is 17.2 Å². The Morgan fingerprint density at radius 2 is 1.70 bits per heavy atom. The number of para-hydroxylation sites is 1. The first-order valence-electron chi connectivity index (χ1n) is 13.7. The topological polar surface area (TPSA) is 104 Å². The highest BCUT2D eigenvalue weighted by molar-refractivity contribution is 6.03. The van der Waals surface area contributed by atoms with Crippen molar-refractivity contribution < 1.29 is 24.2 Å². The molecule has 0 spiro atoms. The number of carbonyl (C=O) groups is 2. The molecule has 40 heavy (non-hydrogen) atoms. The van der Waals surface area contributed by atoms with E-state index in [1.165, 1.54) is 24.1 Å². The third-order valence-corrected chi connectivity index (χ3v) is 7.60. The average molecular weight is 542 g/mol. The van der Waals surface area contributed by atoms with Crippen LogP contribution in [0.15, 0.2) is 72.9 Å². The Morgan fingerprint density at radius 1 is 0.975 bits per heavy atom. The molecule has 1 aliphatic rings. The van der Waals surface area contributed by atoms with Gasteiger partial charge >= 0.3 is 0 Å². The van der Waals surface area contributed by atoms with Crippen molar-refractivity contribution in [2.75, 3.05) is 19.1 Å². The lowest BCUT2D eigenvalue weighted by molar-refractivity contribution is -0.127. The minimum absolute atomic E-state index is 0.0526. The lowest BCUT2D eigenvalue weighted by Crippen LogP contribution is -2.47. The summed E-state index contributed by atoms with van der Waals surface area (Å²) in [6, 6.07) is 18.5. The number of H-pyrrole nitrogens is 1. The minimum Gasteiger partial charge on any atom is -0.508 e. The number of carbonyl (C=O) groups excluding carboxylic acids is 2. The van der Waals surface area contributed by atoms with Gasteiger partial charge in [-0.15, -0.1) is 0 Å². The molecule has 0 unspecified atom stereocenters. The van der Waals surface area contributed by atoms with E-state index >= 15 is 0 Å². The Bertz CT molecular complexity index is 1470. The number of fused-ring (bicyclic) bond motifs is 1. The van der Waals surface area contributed by atoms with Gasteiger partial charge in [-0.05, 0) is 54.3 Å². The summed E-state index contributed by atoms with van der Waals surface area (Å²) in [7, 11) is 3.08. The molecule has 0 aliphatic heterocycles. The van der Waals surface area contributed by atoms with Crippen molar-refractivity contribution in [2.45, 2.75) is 50.6 Å². The Kier molecular flexibility index (Phi) is 8.24. The van der Waals surface area contributed by atoms with E-state index < -0.39 is 6.04 Å². The smallest absolute Gasteiger partial charge is 0.248 e. The number of phenols is 1. The molecule has 5 rings (SSSR count). The van der Waals surface area contributed by atoms with Crippen LogP contribution in [0.2, 0.25) is 0 Å². The number of phenolic OH excluding ortho intramolecular Hbond substituents is 1. The largest absolute Gasteiger partial charge is 0.508 e. The summed E-state index contributed by atoms with van der Waals surface area (Å²) in [5.74, 6) is 0.525. The van der Waals surface area contributed by atoms with Crippen LogP contribution in [-0.4, -0.2) is 42.2 Å². The van der Waals surface area contributed by atoms with E-state index in [4.69, 9.17) is 9.47 Å². The number of rotatable bonds is 9. The van der Waals surface area contributed by atoms with E-state index in [0.717, 1.165) is 48.6 Å². The van der Waals surface area contributed by atoms with Crippen molar-refractivity contribution in [3.05, 3.63) is 84.1 Å². The number of aromatic nitrogens is 1. The summed E-state index contributed by atoms with van der Waals surface area (Å²) in [4.78, 5) is 33.1. The zero-order valence-electron chi connectivity index (χ0n) is 22.9. The highest BCUT2D eigenvalue weighted by Gasteiger charge is 2.35. The van der Waals surface area contributed by atoms with Gasteiger partial charge in [0.25, 0.3) is 0 Å². The first kappa shape index (κ1) is 27.1. The van der Waals surface area contributed by atoms with Crippen LogP contribution in [0.1, 0.15) is 49.3 Å². The maximum atomic E-state index is 14.3. The molecule has 2 amide bonds. The number of methoxy groups -OCH3 is 2. The fourth-order valence-corrected chi connectivity index (χ4v) is 5.54. The average Bonchev–Trinajstić information content (AvgIpc) is 3.39. The van der Waals surface area contributed by atoms with Gasteiger partial charge in [0.2, 0.25) is 11.8 Å². The maximum absolute atomic E-state index is 14.3. The number of ether oxygens (including phenoxy) is 2. The predicted molar refractivity (Wildman–Crippen MR) is 155 cm³/mol. The molecule has 3 N–H and O–H groups in total. The van der Waals surface area contributed by atoms with Crippen molar-refractivity contribution in [1.82, 2.24) is 10.3 Å². The van der Waals surface area contributed by atoms with E-state index in [9.17, 15) is 14.7 Å². The number of nitrogens with one attached hydrogen (secondary N) is 2. The summed E-state index contributed by atoms with van der Waals surface area (Å²) >= 11 is 0. The van der Waals surface area contributed by atoms with Gasteiger partial charge in [-0.1, -0.05) is 49.6 Å². The van der Waals surface area contributed by atoms with Crippen LogP contribution in [-0.2, 0) is 16.0 Å². The van der Waals surface area contributed by atoms with Crippen molar-refractivity contribution >= 4 is 28.4 Å². The van der Waals surface area contributed by atoms with Gasteiger partial charge in [0, 0.05) is 34.9 Å². The van der Waals surface area contributed by atoms with Gasteiger partial charge in [-0.3, -0.25) is 14.5 Å². The number of nitrogens with zero attached hydrogens (tertiary/aromatic N) is 1. The highest BCUT2D eigenvalue weighted by atomic mass is 16.5. The quantitative estimate of drug-likeness (QED) is 0.254. The zero-order valence-corrected chi connectivity index (χ0v) is 22.9. The lowest BCUT2D eigenvalue weighted by Gasteiger charge is -2.34. The molecule has 1 saturated carbocycles. The van der Waals surface area contributed by atoms with E-state index in [1.54, 1.807) is 37.4 Å². The molecule has 1 heterocycles. The van der Waals surface area contributed by atoms with Crippen LogP contribution in [0.25, 0.3) is 10.9 Å². The molecule has 208 valence electrons. The van der Waals surface area contributed by atoms with Gasteiger partial charge in [0.1, 0.15) is 11.8 Å². The normalized spacial score (nSPS) is 14.4. The first-order valence-corrected chi connectivity index (χ1v) is 13.7. The molecule has 1 aromatic heterocycles. The van der Waals surface area contributed by atoms with E-state index in [2.05, 4.69) is 10.3 Å². The Hall–Kier alpha value is -4.46. The number of benzene rings is 3. The van der Waals surface area contributed by atoms with Crippen molar-refractivity contribution in [2.24, 2.45) is 0 Å². The monoisotopic (exact) mass is 541 g/mol. The van der Waals surface area contributed by atoms with Gasteiger partial charge in [-0.25, -0.2) is 0 Å². The number of aromatic amines is 1. The van der Waals surface area contributed by atoms with Crippen molar-refractivity contribution in [3.63, 3.8) is 0 Å². The second-order valence-corrected chi connectivity index (χ2v) is 10.2. The first-order chi connectivity index (χ1) is 19.5. The van der Waals surface area contributed by atoms with E-state index in [-0.39, 0.29) is 30.0 Å². The maximum Gasteiger partial charge on any atom is 0.248 e. The van der Waals surface area contributed by atoms with Crippen LogP contribution in [0.3, 0.4) is 0 Å². The van der Waals surface area contributed by atoms with Gasteiger partial charge < -0.3 is 24.9 Å².